The largest absolute Gasteiger partial charge is 0.394 e. The normalized spacial score (nSPS) is 27.0. The molecule has 3 rings (SSSR count). The molecule has 13 nitrogen and oxygen atoms in total. The van der Waals surface area contributed by atoms with Crippen LogP contribution in [0.1, 0.15) is 0 Å². The van der Waals surface area contributed by atoms with E-state index < -0.39 is 62.2 Å². The van der Waals surface area contributed by atoms with E-state index in [9.17, 15) is 35.7 Å². The predicted octanol–water partition coefficient (Wildman–Crippen LogP) is -1.55. The average Bonchev–Trinajstić information content (AvgIpc) is 2.93. The molecule has 0 saturated carbocycles. The van der Waals surface area contributed by atoms with E-state index in [4.69, 9.17) is 9.47 Å². The molecule has 1 saturated heterocycles. The van der Waals surface area contributed by atoms with Crippen LogP contribution < -0.4 is 10.9 Å². The third kappa shape index (κ3) is 7.75. The van der Waals surface area contributed by atoms with E-state index in [1.54, 1.807) is 54.6 Å². The number of anilines is 2. The van der Waals surface area contributed by atoms with Crippen LogP contribution in [-0.4, -0.2) is 110 Å². The second-order valence-electron chi connectivity index (χ2n) is 8.24. The van der Waals surface area contributed by atoms with Crippen LogP contribution in [0.5, 0.6) is 0 Å². The van der Waals surface area contributed by atoms with Crippen molar-refractivity contribution in [2.75, 3.05) is 24.1 Å². The summed E-state index contributed by atoms with van der Waals surface area (Å²) in [5, 5.41) is 79.1. The molecule has 1 heterocycles. The number of para-hydroxylation sites is 2. The zero-order valence-corrected chi connectivity index (χ0v) is 19.7. The minimum atomic E-state index is -1.80. The molecule has 2 aromatic rings. The van der Waals surface area contributed by atoms with Crippen LogP contribution in [0.15, 0.2) is 70.9 Å². The van der Waals surface area contributed by atoms with Gasteiger partial charge in [-0.05, 0) is 24.3 Å². The lowest BCUT2D eigenvalue weighted by atomic mass is 9.98. The number of benzene rings is 2. The Morgan fingerprint density at radius 2 is 1.49 bits per heavy atom. The number of ether oxygens (including phenoxy) is 2. The number of hydrogen-bond donors (Lipinski definition) is 9. The van der Waals surface area contributed by atoms with Gasteiger partial charge >= 0.3 is 0 Å². The maximum atomic E-state index is 11.1. The molecule has 0 amide bonds. The highest BCUT2D eigenvalue weighted by molar-refractivity contribution is 6.33. The Hall–Kier alpha value is -2.98. The monoisotopic (exact) mass is 520 g/mol. The van der Waals surface area contributed by atoms with Crippen molar-refractivity contribution >= 4 is 23.3 Å². The predicted molar refractivity (Wildman–Crippen MR) is 134 cm³/mol. The van der Waals surface area contributed by atoms with Crippen molar-refractivity contribution in [3.63, 3.8) is 0 Å². The Bertz CT molecular complexity index is 996. The van der Waals surface area contributed by atoms with Gasteiger partial charge in [-0.2, -0.15) is 10.2 Å². The summed E-state index contributed by atoms with van der Waals surface area (Å²) in [5.41, 5.74) is 6.59. The highest BCUT2D eigenvalue weighted by atomic mass is 16.7. The van der Waals surface area contributed by atoms with Gasteiger partial charge in [0.25, 0.3) is 0 Å². The summed E-state index contributed by atoms with van der Waals surface area (Å²) < 4.78 is 10.9. The number of hydrogen-bond acceptors (Lipinski definition) is 13. The maximum absolute atomic E-state index is 11.1. The van der Waals surface area contributed by atoms with E-state index in [1.807, 2.05) is 6.07 Å². The lowest BCUT2D eigenvalue weighted by Crippen LogP contribution is -2.61. The summed E-state index contributed by atoms with van der Waals surface area (Å²) in [6, 6.07) is 17.7. The second-order valence-corrected chi connectivity index (χ2v) is 8.24. The van der Waals surface area contributed by atoms with Crippen molar-refractivity contribution < 1.29 is 45.2 Å². The molecule has 1 aliphatic rings. The van der Waals surface area contributed by atoms with Crippen LogP contribution in [0, 0.1) is 0 Å². The first-order chi connectivity index (χ1) is 17.8. The summed E-state index contributed by atoms with van der Waals surface area (Å²) in [4.78, 5) is 0. The number of aliphatic hydroxyl groups is 7. The molecule has 1 fully saturated rings. The Morgan fingerprint density at radius 3 is 2.05 bits per heavy atom. The molecule has 2 aromatic carbocycles. The molecule has 13 heteroatoms. The fourth-order valence-electron chi connectivity index (χ4n) is 3.48. The summed E-state index contributed by atoms with van der Waals surface area (Å²) in [6.07, 6.45) is -12.1. The molecule has 8 atom stereocenters. The minimum absolute atomic E-state index is 0.144. The Kier molecular flexibility index (Phi) is 10.9. The molecule has 3 unspecified atom stereocenters. The third-order valence-electron chi connectivity index (χ3n) is 5.57. The topological polar surface area (TPSA) is 209 Å². The molecule has 0 aromatic heterocycles. The molecule has 9 N–H and O–H groups in total. The van der Waals surface area contributed by atoms with E-state index in [1.165, 1.54) is 6.21 Å². The fraction of sp³-hybridized carbons (Fsp3) is 0.417. The Balaban J connectivity index is 1.85. The first-order valence-corrected chi connectivity index (χ1v) is 11.5. The van der Waals surface area contributed by atoms with Crippen LogP contribution in [0.25, 0.3) is 0 Å². The van der Waals surface area contributed by atoms with E-state index in [0.717, 1.165) is 0 Å². The molecule has 1 aliphatic heterocycles. The average molecular weight is 521 g/mol. The van der Waals surface area contributed by atoms with Gasteiger partial charge in [-0.1, -0.05) is 36.4 Å². The van der Waals surface area contributed by atoms with Crippen molar-refractivity contribution in [3.05, 3.63) is 60.7 Å². The van der Waals surface area contributed by atoms with Crippen LogP contribution in [0.2, 0.25) is 0 Å². The fourth-order valence-corrected chi connectivity index (χ4v) is 3.48. The lowest BCUT2D eigenvalue weighted by Gasteiger charge is -2.41. The highest BCUT2D eigenvalue weighted by Gasteiger charge is 2.46. The van der Waals surface area contributed by atoms with Crippen LogP contribution in [0.3, 0.4) is 0 Å². The molecule has 0 aliphatic carbocycles. The van der Waals surface area contributed by atoms with Gasteiger partial charge in [-0.15, -0.1) is 0 Å². The third-order valence-corrected chi connectivity index (χ3v) is 5.57. The smallest absolute Gasteiger partial charge is 0.187 e. The molecule has 0 radical (unpaired) electrons. The van der Waals surface area contributed by atoms with E-state index in [2.05, 4.69) is 21.1 Å². The first-order valence-electron chi connectivity index (χ1n) is 11.5. The van der Waals surface area contributed by atoms with Crippen molar-refractivity contribution in [1.82, 2.24) is 0 Å². The quantitative estimate of drug-likeness (QED) is 0.116. The van der Waals surface area contributed by atoms with E-state index >= 15 is 0 Å². The summed E-state index contributed by atoms with van der Waals surface area (Å²) in [5.74, 6) is 0. The first kappa shape index (κ1) is 28.6. The van der Waals surface area contributed by atoms with Gasteiger partial charge in [-0.25, -0.2) is 0 Å². The molecule has 0 spiro atoms. The number of nitrogens with one attached hydrogen (secondary N) is 2. The Morgan fingerprint density at radius 1 is 0.892 bits per heavy atom. The van der Waals surface area contributed by atoms with E-state index in [0.29, 0.717) is 11.4 Å². The van der Waals surface area contributed by atoms with Gasteiger partial charge in [0.15, 0.2) is 6.29 Å². The maximum Gasteiger partial charge on any atom is 0.187 e. The van der Waals surface area contributed by atoms with Gasteiger partial charge in [-0.3, -0.25) is 10.9 Å². The van der Waals surface area contributed by atoms with E-state index in [-0.39, 0.29) is 5.71 Å². The standard InChI is InChI=1S/C24H32N4O9/c29-12-17(31)23(37-24-22(35)21(34)20(33)18(13-30)36-24)19(32)16(28-27-15-9-5-2-6-10-15)11-25-26-14-7-3-1-4-8-14/h1-11,17-24,26-27,29-35H,12-13H2/b25-11+,28-16+/t17?,18-,19?,20+,21+,22-,23?,24+/m1/s1. The number of nitrogens with zero attached hydrogens (tertiary/aromatic N) is 2. The number of hydrazone groups is 2. The number of aliphatic hydroxyl groups excluding tert-OH is 7. The van der Waals surface area contributed by atoms with Crippen molar-refractivity contribution in [2.45, 2.75) is 49.0 Å². The molecular formula is C24H32N4O9. The second kappa shape index (κ2) is 14.1. The van der Waals surface area contributed by atoms with Gasteiger partial charge in [0.2, 0.25) is 0 Å². The van der Waals surface area contributed by atoms with Crippen LogP contribution in [-0.2, 0) is 9.47 Å². The summed E-state index contributed by atoms with van der Waals surface area (Å²) >= 11 is 0. The van der Waals surface area contributed by atoms with Crippen molar-refractivity contribution in [3.8, 4) is 0 Å². The van der Waals surface area contributed by atoms with Gasteiger partial charge in [0.05, 0.1) is 30.8 Å². The minimum Gasteiger partial charge on any atom is -0.394 e. The van der Waals surface area contributed by atoms with Crippen molar-refractivity contribution in [2.24, 2.45) is 10.2 Å². The molecule has 202 valence electrons. The van der Waals surface area contributed by atoms with Gasteiger partial charge in [0.1, 0.15) is 48.4 Å². The SMILES string of the molecule is OCC(O)C(O[C@@H]1O[C@H](CO)[C@H](O)[C@H](O)[C@H]1O)C(O)C(/C=N/Nc1ccccc1)=N/Nc1ccccc1. The van der Waals surface area contributed by atoms with Crippen LogP contribution in [0.4, 0.5) is 11.4 Å². The zero-order valence-electron chi connectivity index (χ0n) is 19.7. The lowest BCUT2D eigenvalue weighted by molar-refractivity contribution is -0.322. The zero-order chi connectivity index (χ0) is 26.8. The molecular weight excluding hydrogens is 488 g/mol. The molecule has 0 bridgehead atoms. The van der Waals surface area contributed by atoms with Gasteiger partial charge < -0.3 is 45.2 Å². The summed E-state index contributed by atoms with van der Waals surface area (Å²) in [7, 11) is 0. The van der Waals surface area contributed by atoms with Gasteiger partial charge in [0, 0.05) is 0 Å². The molecule has 37 heavy (non-hydrogen) atoms. The highest BCUT2D eigenvalue weighted by Crippen LogP contribution is 2.24. The van der Waals surface area contributed by atoms with Crippen molar-refractivity contribution in [1.29, 1.82) is 0 Å². The van der Waals surface area contributed by atoms with Crippen LogP contribution >= 0.6 is 0 Å². The Labute approximate surface area is 212 Å². The number of rotatable bonds is 12. The summed E-state index contributed by atoms with van der Waals surface area (Å²) in [6.45, 7) is -1.55.